The van der Waals surface area contributed by atoms with Gasteiger partial charge in [0.2, 0.25) is 0 Å². The Balaban J connectivity index is 1.33. The van der Waals surface area contributed by atoms with Crippen LogP contribution in [0.5, 0.6) is 11.5 Å². The second kappa shape index (κ2) is 11.1. The van der Waals surface area contributed by atoms with Crippen LogP contribution in [0.4, 0.5) is 21.9 Å². The quantitative estimate of drug-likeness (QED) is 0.224. The highest BCUT2D eigenvalue weighted by atomic mass is 16.5. The molecule has 0 bridgehead atoms. The average Bonchev–Trinajstić information content (AvgIpc) is 2.92. The van der Waals surface area contributed by atoms with Crippen molar-refractivity contribution in [3.05, 3.63) is 76.6 Å². The van der Waals surface area contributed by atoms with E-state index in [9.17, 15) is 9.59 Å². The fourth-order valence-electron chi connectivity index (χ4n) is 4.81. The summed E-state index contributed by atoms with van der Waals surface area (Å²) in [5.74, 6) is 1.34. The molecule has 0 spiro atoms. The minimum Gasteiger partial charge on any atom is -0.496 e. The molecule has 1 aliphatic heterocycles. The third-order valence-corrected chi connectivity index (χ3v) is 6.96. The molecule has 5 rings (SSSR count). The maximum atomic E-state index is 12.8. The van der Waals surface area contributed by atoms with Crippen LogP contribution < -0.4 is 31.5 Å². The average molecular weight is 529 g/mol. The van der Waals surface area contributed by atoms with Crippen LogP contribution in [0.1, 0.15) is 18.4 Å². The zero-order valence-corrected chi connectivity index (χ0v) is 22.2. The Morgan fingerprint density at radius 2 is 1.79 bits per heavy atom. The number of fused-ring (bicyclic) bond motifs is 1. The molecule has 0 radical (unpaired) electrons. The van der Waals surface area contributed by atoms with Crippen LogP contribution >= 0.6 is 0 Å². The van der Waals surface area contributed by atoms with Gasteiger partial charge in [-0.2, -0.15) is 0 Å². The standard InChI is InChI=1S/C30H32N4O5/c1-18-26(38-23-11-13-34(2)14-12-23)9-7-20-16-25(29(35)39-28(18)20)33-30(36)32-22-8-10-27(37-3)24(17-22)19-5-4-6-21(31)15-19/h4-10,15-17,23H,11-14,31H2,1-3H3,(H2,32,33,36). The topological polar surface area (TPSA) is 119 Å². The summed E-state index contributed by atoms with van der Waals surface area (Å²) in [6, 6.07) is 17.4. The van der Waals surface area contributed by atoms with E-state index < -0.39 is 11.7 Å². The number of aryl methyl sites for hydroxylation is 1. The highest BCUT2D eigenvalue weighted by molar-refractivity contribution is 6.01. The number of benzene rings is 3. The predicted molar refractivity (Wildman–Crippen MR) is 154 cm³/mol. The van der Waals surface area contributed by atoms with E-state index in [0.717, 1.165) is 42.6 Å². The van der Waals surface area contributed by atoms with Gasteiger partial charge in [0, 0.05) is 41.0 Å². The summed E-state index contributed by atoms with van der Waals surface area (Å²) >= 11 is 0. The van der Waals surface area contributed by atoms with Crippen molar-refractivity contribution < 1.29 is 18.7 Å². The molecule has 202 valence electrons. The number of piperidine rings is 1. The van der Waals surface area contributed by atoms with E-state index in [1.807, 2.05) is 37.3 Å². The lowest BCUT2D eigenvalue weighted by Crippen LogP contribution is -2.35. The molecule has 1 aromatic heterocycles. The summed E-state index contributed by atoms with van der Waals surface area (Å²) < 4.78 is 17.3. The smallest absolute Gasteiger partial charge is 0.360 e. The number of hydrogen-bond donors (Lipinski definition) is 3. The Bertz CT molecular complexity index is 1570. The Labute approximate surface area is 226 Å². The lowest BCUT2D eigenvalue weighted by molar-refractivity contribution is 0.113. The van der Waals surface area contributed by atoms with Crippen molar-refractivity contribution in [1.29, 1.82) is 0 Å². The predicted octanol–water partition coefficient (Wildman–Crippen LogP) is 5.48. The summed E-state index contributed by atoms with van der Waals surface area (Å²) in [5.41, 5.74) is 9.28. The Morgan fingerprint density at radius 1 is 1.03 bits per heavy atom. The molecule has 4 N–H and O–H groups in total. The lowest BCUT2D eigenvalue weighted by atomic mass is 10.0. The maximum absolute atomic E-state index is 12.8. The molecule has 1 aliphatic rings. The molecule has 1 saturated heterocycles. The second-order valence-electron chi connectivity index (χ2n) is 9.79. The van der Waals surface area contributed by atoms with Crippen LogP contribution in [0, 0.1) is 6.92 Å². The first-order chi connectivity index (χ1) is 18.8. The van der Waals surface area contributed by atoms with Gasteiger partial charge in [0.15, 0.2) is 0 Å². The van der Waals surface area contributed by atoms with Crippen molar-refractivity contribution in [2.75, 3.05) is 43.6 Å². The van der Waals surface area contributed by atoms with E-state index in [1.165, 1.54) is 0 Å². The number of carbonyl (C=O) groups excluding carboxylic acids is 1. The number of hydrogen-bond acceptors (Lipinski definition) is 7. The van der Waals surface area contributed by atoms with Crippen molar-refractivity contribution in [2.24, 2.45) is 0 Å². The Morgan fingerprint density at radius 3 is 2.54 bits per heavy atom. The van der Waals surface area contributed by atoms with E-state index in [-0.39, 0.29) is 11.8 Å². The molecular weight excluding hydrogens is 496 g/mol. The van der Waals surface area contributed by atoms with Crippen molar-refractivity contribution in [1.82, 2.24) is 4.90 Å². The van der Waals surface area contributed by atoms with Gasteiger partial charge in [-0.15, -0.1) is 0 Å². The molecule has 0 aliphatic carbocycles. The molecule has 9 nitrogen and oxygen atoms in total. The molecule has 3 aromatic carbocycles. The number of methoxy groups -OCH3 is 1. The van der Waals surface area contributed by atoms with Gasteiger partial charge in [-0.1, -0.05) is 12.1 Å². The molecule has 0 saturated carbocycles. The normalized spacial score (nSPS) is 14.2. The number of urea groups is 1. The van der Waals surface area contributed by atoms with Crippen LogP contribution in [0.15, 0.2) is 69.9 Å². The highest BCUT2D eigenvalue weighted by Gasteiger charge is 2.20. The number of rotatable bonds is 6. The van der Waals surface area contributed by atoms with Gasteiger partial charge in [0.25, 0.3) is 0 Å². The van der Waals surface area contributed by atoms with Crippen LogP contribution in [-0.2, 0) is 0 Å². The number of anilines is 3. The minimum absolute atomic E-state index is 0.0351. The number of nitrogen functional groups attached to an aromatic ring is 1. The lowest BCUT2D eigenvalue weighted by Gasteiger charge is -2.29. The molecule has 4 aromatic rings. The third-order valence-electron chi connectivity index (χ3n) is 6.96. The van der Waals surface area contributed by atoms with Crippen molar-refractivity contribution in [3.8, 4) is 22.6 Å². The van der Waals surface area contributed by atoms with Crippen molar-refractivity contribution >= 4 is 34.1 Å². The summed E-state index contributed by atoms with van der Waals surface area (Å²) in [6.07, 6.45) is 2.03. The van der Waals surface area contributed by atoms with Gasteiger partial charge < -0.3 is 35.2 Å². The van der Waals surface area contributed by atoms with Crippen molar-refractivity contribution in [3.63, 3.8) is 0 Å². The molecule has 2 heterocycles. The zero-order valence-electron chi connectivity index (χ0n) is 22.2. The number of ether oxygens (including phenoxy) is 2. The summed E-state index contributed by atoms with van der Waals surface area (Å²) in [7, 11) is 3.68. The van der Waals surface area contributed by atoms with E-state index in [0.29, 0.717) is 33.8 Å². The largest absolute Gasteiger partial charge is 0.496 e. The van der Waals surface area contributed by atoms with Crippen LogP contribution in [-0.4, -0.2) is 44.3 Å². The van der Waals surface area contributed by atoms with Crippen LogP contribution in [0.3, 0.4) is 0 Å². The molecule has 1 fully saturated rings. The fraction of sp³-hybridized carbons (Fsp3) is 0.267. The van der Waals surface area contributed by atoms with Crippen LogP contribution in [0.2, 0.25) is 0 Å². The van der Waals surface area contributed by atoms with Gasteiger partial charge >= 0.3 is 11.7 Å². The molecular formula is C30H32N4O5. The second-order valence-corrected chi connectivity index (χ2v) is 9.79. The van der Waals surface area contributed by atoms with Gasteiger partial charge in [-0.05, 0) is 80.9 Å². The zero-order chi connectivity index (χ0) is 27.5. The summed E-state index contributed by atoms with van der Waals surface area (Å²) in [5, 5.41) is 6.06. The minimum atomic E-state index is -0.646. The number of likely N-dealkylation sites (tertiary alicyclic amines) is 1. The third kappa shape index (κ3) is 5.83. The molecule has 39 heavy (non-hydrogen) atoms. The fourth-order valence-corrected chi connectivity index (χ4v) is 4.81. The monoisotopic (exact) mass is 528 g/mol. The first-order valence-electron chi connectivity index (χ1n) is 12.9. The summed E-state index contributed by atoms with van der Waals surface area (Å²) in [6.45, 7) is 3.85. The molecule has 9 heteroatoms. The van der Waals surface area contributed by atoms with Crippen LogP contribution in [0.25, 0.3) is 22.1 Å². The highest BCUT2D eigenvalue weighted by Crippen LogP contribution is 2.34. The van der Waals surface area contributed by atoms with E-state index in [2.05, 4.69) is 22.6 Å². The van der Waals surface area contributed by atoms with Gasteiger partial charge in [0.1, 0.15) is 28.9 Å². The van der Waals surface area contributed by atoms with Crippen molar-refractivity contribution in [2.45, 2.75) is 25.9 Å². The van der Waals surface area contributed by atoms with E-state index in [1.54, 1.807) is 37.4 Å². The first kappa shape index (κ1) is 26.1. The molecule has 0 unspecified atom stereocenters. The number of nitrogens with zero attached hydrogens (tertiary/aromatic N) is 1. The maximum Gasteiger partial charge on any atom is 0.360 e. The van der Waals surface area contributed by atoms with Gasteiger partial charge in [-0.3, -0.25) is 0 Å². The van der Waals surface area contributed by atoms with Gasteiger partial charge in [0.05, 0.1) is 7.11 Å². The Kier molecular flexibility index (Phi) is 7.42. The number of nitrogens with two attached hydrogens (primary N) is 1. The van der Waals surface area contributed by atoms with Gasteiger partial charge in [-0.25, -0.2) is 9.59 Å². The number of carbonyl (C=O) groups is 1. The molecule has 0 atom stereocenters. The number of amides is 2. The Hall–Kier alpha value is -4.50. The SMILES string of the molecule is COc1ccc(NC(=O)Nc2cc3ccc(OC4CCN(C)CC4)c(C)c3oc2=O)cc1-c1cccc(N)c1. The summed E-state index contributed by atoms with van der Waals surface area (Å²) in [4.78, 5) is 27.9. The van der Waals surface area contributed by atoms with E-state index >= 15 is 0 Å². The van der Waals surface area contributed by atoms with E-state index in [4.69, 9.17) is 19.6 Å². The molecule has 2 amide bonds. The number of nitrogens with one attached hydrogen (secondary N) is 2. The first-order valence-corrected chi connectivity index (χ1v) is 12.9.